The normalized spacial score (nSPS) is 12.1. The summed E-state index contributed by atoms with van der Waals surface area (Å²) in [6.45, 7) is 3.20. The number of carbonyl (C=O) groups is 1. The fourth-order valence-electron chi connectivity index (χ4n) is 1.23. The zero-order chi connectivity index (χ0) is 16.3. The van der Waals surface area contributed by atoms with E-state index in [1.165, 1.54) is 13.8 Å². The highest BCUT2D eigenvalue weighted by Crippen LogP contribution is 2.32. The quantitative estimate of drug-likeness (QED) is 0.812. The van der Waals surface area contributed by atoms with E-state index in [0.29, 0.717) is 6.20 Å². The van der Waals surface area contributed by atoms with Gasteiger partial charge in [0.2, 0.25) is 11.8 Å². The molecule has 3 N–H and O–H groups in total. The third kappa shape index (κ3) is 5.39. The maximum Gasteiger partial charge on any atom is 0.417 e. The van der Waals surface area contributed by atoms with Crippen molar-refractivity contribution in [1.82, 2.24) is 10.3 Å². The Bertz CT molecular complexity index is 515. The third-order valence-corrected chi connectivity index (χ3v) is 2.62. The van der Waals surface area contributed by atoms with Gasteiger partial charge >= 0.3 is 6.18 Å². The molecule has 0 aliphatic carbocycles. The van der Waals surface area contributed by atoms with Crippen LogP contribution in [0, 0.1) is 0 Å². The Hall–Kier alpha value is -1.54. The van der Waals surface area contributed by atoms with Crippen LogP contribution in [0.2, 0.25) is 5.02 Å². The second-order valence-corrected chi connectivity index (χ2v) is 5.24. The summed E-state index contributed by atoms with van der Waals surface area (Å²) in [5, 5.41) is 2.25. The monoisotopic (exact) mass is 325 g/mol. The van der Waals surface area contributed by atoms with Gasteiger partial charge in [0.1, 0.15) is 11.6 Å². The van der Waals surface area contributed by atoms with Crippen molar-refractivity contribution in [2.45, 2.75) is 25.6 Å². The predicted octanol–water partition coefficient (Wildman–Crippen LogP) is 1.99. The number of halogens is 4. The van der Waals surface area contributed by atoms with Gasteiger partial charge < -0.3 is 15.8 Å². The van der Waals surface area contributed by atoms with E-state index < -0.39 is 17.3 Å². The first-order valence-corrected chi connectivity index (χ1v) is 6.32. The Morgan fingerprint density at radius 2 is 2.10 bits per heavy atom. The molecule has 0 unspecified atom stereocenters. The van der Waals surface area contributed by atoms with Crippen molar-refractivity contribution in [2.75, 3.05) is 13.2 Å². The van der Waals surface area contributed by atoms with Crippen LogP contribution in [0.3, 0.4) is 0 Å². The van der Waals surface area contributed by atoms with Gasteiger partial charge in [0, 0.05) is 6.20 Å². The van der Waals surface area contributed by atoms with Crippen LogP contribution in [0.4, 0.5) is 13.2 Å². The summed E-state index contributed by atoms with van der Waals surface area (Å²) in [6, 6.07) is 0.728. The second kappa shape index (κ2) is 6.48. The number of alkyl halides is 3. The minimum atomic E-state index is -4.52. The maximum absolute atomic E-state index is 12.4. The van der Waals surface area contributed by atoms with E-state index in [9.17, 15) is 18.0 Å². The van der Waals surface area contributed by atoms with E-state index in [-0.39, 0.29) is 30.0 Å². The molecular formula is C12H15ClF3N3O2. The average molecular weight is 326 g/mol. The summed E-state index contributed by atoms with van der Waals surface area (Å²) in [7, 11) is 0. The molecule has 0 radical (unpaired) electrons. The van der Waals surface area contributed by atoms with Crippen molar-refractivity contribution in [3.63, 3.8) is 0 Å². The van der Waals surface area contributed by atoms with Gasteiger partial charge in [-0.15, -0.1) is 0 Å². The average Bonchev–Trinajstić information content (AvgIpc) is 2.33. The molecular weight excluding hydrogens is 311 g/mol. The van der Waals surface area contributed by atoms with Gasteiger partial charge in [-0.1, -0.05) is 11.6 Å². The Kier molecular flexibility index (Phi) is 5.41. The van der Waals surface area contributed by atoms with Gasteiger partial charge in [-0.25, -0.2) is 4.98 Å². The zero-order valence-electron chi connectivity index (χ0n) is 11.4. The zero-order valence-corrected chi connectivity index (χ0v) is 12.2. The number of rotatable bonds is 5. The highest BCUT2D eigenvalue weighted by molar-refractivity contribution is 6.31. The molecule has 1 heterocycles. The Balaban J connectivity index is 2.52. The highest BCUT2D eigenvalue weighted by atomic mass is 35.5. The van der Waals surface area contributed by atoms with E-state index in [1.54, 1.807) is 0 Å². The molecule has 0 aliphatic rings. The minimum absolute atomic E-state index is 0.0000947. The lowest BCUT2D eigenvalue weighted by atomic mass is 10.1. The number of hydrogen-bond acceptors (Lipinski definition) is 4. The summed E-state index contributed by atoms with van der Waals surface area (Å²) in [5.41, 5.74) is 3.58. The summed E-state index contributed by atoms with van der Waals surface area (Å²) >= 11 is 5.65. The van der Waals surface area contributed by atoms with E-state index in [2.05, 4.69) is 10.3 Å². The molecule has 0 atom stereocenters. The van der Waals surface area contributed by atoms with Gasteiger partial charge in [0.25, 0.3) is 0 Å². The number of nitrogens with one attached hydrogen (secondary N) is 1. The number of ether oxygens (including phenoxy) is 1. The van der Waals surface area contributed by atoms with Crippen molar-refractivity contribution < 1.29 is 22.7 Å². The van der Waals surface area contributed by atoms with Gasteiger partial charge in [0.15, 0.2) is 0 Å². The van der Waals surface area contributed by atoms with Crippen LogP contribution in [-0.2, 0) is 11.0 Å². The fourth-order valence-corrected chi connectivity index (χ4v) is 1.45. The summed E-state index contributed by atoms with van der Waals surface area (Å²) < 4.78 is 42.3. The van der Waals surface area contributed by atoms with Crippen LogP contribution in [-0.4, -0.2) is 29.6 Å². The summed E-state index contributed by atoms with van der Waals surface area (Å²) in [5.74, 6) is -0.511. The standard InChI is InChI=1S/C12H15ClF3N3O2/c1-11(2,17)10(20)18-3-4-21-9-8(13)5-7(6-19-9)12(14,15)16/h5-6H,3-4,17H2,1-2H3,(H,18,20). The van der Waals surface area contributed by atoms with Crippen molar-refractivity contribution in [1.29, 1.82) is 0 Å². The van der Waals surface area contributed by atoms with E-state index in [4.69, 9.17) is 22.1 Å². The van der Waals surface area contributed by atoms with Crippen LogP contribution < -0.4 is 15.8 Å². The first-order chi connectivity index (χ1) is 9.51. The molecule has 0 aliphatic heterocycles. The van der Waals surface area contributed by atoms with Gasteiger partial charge in [-0.05, 0) is 19.9 Å². The molecule has 0 saturated carbocycles. The number of nitrogens with zero attached hydrogens (tertiary/aromatic N) is 1. The number of pyridine rings is 1. The fraction of sp³-hybridized carbons (Fsp3) is 0.500. The molecule has 1 aromatic heterocycles. The van der Waals surface area contributed by atoms with Crippen LogP contribution in [0.1, 0.15) is 19.4 Å². The first-order valence-electron chi connectivity index (χ1n) is 5.94. The molecule has 9 heteroatoms. The molecule has 1 rings (SSSR count). The Morgan fingerprint density at radius 1 is 1.48 bits per heavy atom. The van der Waals surface area contributed by atoms with Crippen molar-refractivity contribution in [2.24, 2.45) is 5.73 Å². The molecule has 0 saturated heterocycles. The van der Waals surface area contributed by atoms with E-state index in [0.717, 1.165) is 6.07 Å². The van der Waals surface area contributed by atoms with E-state index >= 15 is 0 Å². The maximum atomic E-state index is 12.4. The number of hydrogen-bond donors (Lipinski definition) is 2. The number of carbonyl (C=O) groups excluding carboxylic acids is 1. The molecule has 0 bridgehead atoms. The molecule has 21 heavy (non-hydrogen) atoms. The minimum Gasteiger partial charge on any atom is -0.475 e. The van der Waals surface area contributed by atoms with Gasteiger partial charge in [0.05, 0.1) is 17.6 Å². The number of nitrogens with two attached hydrogens (primary N) is 1. The number of amides is 1. The molecule has 1 aromatic rings. The van der Waals surface area contributed by atoms with Crippen LogP contribution in [0.15, 0.2) is 12.3 Å². The van der Waals surface area contributed by atoms with Crippen molar-refractivity contribution >= 4 is 17.5 Å². The van der Waals surface area contributed by atoms with Gasteiger partial charge in [-0.2, -0.15) is 13.2 Å². The lowest BCUT2D eigenvalue weighted by Gasteiger charge is -2.17. The highest BCUT2D eigenvalue weighted by Gasteiger charge is 2.31. The lowest BCUT2D eigenvalue weighted by molar-refractivity contribution is -0.137. The Morgan fingerprint density at radius 3 is 2.57 bits per heavy atom. The third-order valence-electron chi connectivity index (χ3n) is 2.35. The molecule has 1 amide bonds. The smallest absolute Gasteiger partial charge is 0.417 e. The summed E-state index contributed by atoms with van der Waals surface area (Å²) in [6.07, 6.45) is -3.89. The molecule has 0 aromatic carbocycles. The van der Waals surface area contributed by atoms with Crippen molar-refractivity contribution in [3.05, 3.63) is 22.8 Å². The van der Waals surface area contributed by atoms with Crippen LogP contribution >= 0.6 is 11.6 Å². The van der Waals surface area contributed by atoms with E-state index in [1.807, 2.05) is 0 Å². The predicted molar refractivity (Wildman–Crippen MR) is 71.0 cm³/mol. The lowest BCUT2D eigenvalue weighted by Crippen LogP contribution is -2.49. The SMILES string of the molecule is CC(C)(N)C(=O)NCCOc1ncc(C(F)(F)F)cc1Cl. The molecule has 118 valence electrons. The van der Waals surface area contributed by atoms with Gasteiger partial charge in [-0.3, -0.25) is 4.79 Å². The Labute approximate surface area is 124 Å². The largest absolute Gasteiger partial charge is 0.475 e. The molecule has 0 spiro atoms. The van der Waals surface area contributed by atoms with Crippen molar-refractivity contribution in [3.8, 4) is 5.88 Å². The summed E-state index contributed by atoms with van der Waals surface area (Å²) in [4.78, 5) is 14.9. The molecule has 0 fully saturated rings. The topological polar surface area (TPSA) is 77.2 Å². The number of aromatic nitrogens is 1. The second-order valence-electron chi connectivity index (χ2n) is 4.83. The van der Waals surface area contributed by atoms with Crippen LogP contribution in [0.5, 0.6) is 5.88 Å². The molecule has 5 nitrogen and oxygen atoms in total. The first kappa shape index (κ1) is 17.5. The van der Waals surface area contributed by atoms with Crippen LogP contribution in [0.25, 0.3) is 0 Å².